The number of hydrogen-bond donors (Lipinski definition) is 0. The molecule has 15 rings (SSSR count). The van der Waals surface area contributed by atoms with Gasteiger partial charge in [0.05, 0.1) is 11.0 Å². The smallest absolute Gasteiger partial charge is 0.333 e. The lowest BCUT2D eigenvalue weighted by Crippen LogP contribution is -2.60. The molecule has 8 aromatic carbocycles. The van der Waals surface area contributed by atoms with Gasteiger partial charge >= 0.3 is 6.85 Å². The Balaban J connectivity index is 1.17. The van der Waals surface area contributed by atoms with Gasteiger partial charge in [-0.3, -0.25) is 0 Å². The fraction of sp³-hybridized carbons (Fsp3) is 0.138. The van der Waals surface area contributed by atoms with Crippen molar-refractivity contribution in [3.63, 3.8) is 0 Å². The van der Waals surface area contributed by atoms with Crippen LogP contribution in [-0.4, -0.2) is 11.4 Å². The van der Waals surface area contributed by atoms with E-state index in [0.717, 1.165) is 35.1 Å². The molecular formula is C58H41BN2OS2. The van der Waals surface area contributed by atoms with Gasteiger partial charge in [0.2, 0.25) is 0 Å². The third-order valence-electron chi connectivity index (χ3n) is 14.9. The van der Waals surface area contributed by atoms with Crippen LogP contribution in [-0.2, 0) is 18.3 Å². The van der Waals surface area contributed by atoms with Crippen molar-refractivity contribution in [1.29, 1.82) is 0 Å². The number of aromatic nitrogens is 1. The van der Waals surface area contributed by atoms with E-state index in [2.05, 4.69) is 176 Å². The Bertz CT molecular complexity index is 4010. The summed E-state index contributed by atoms with van der Waals surface area (Å²) in [4.78, 5) is 2.71. The molecule has 304 valence electrons. The third-order valence-corrected chi connectivity index (χ3v) is 17.2. The minimum atomic E-state index is -0.114. The normalized spacial score (nSPS) is 14.5. The molecule has 4 aromatic heterocycles. The molecule has 6 heteroatoms. The SMILES string of the molecule is CC(C)(C)c1ccc(N2B3c4cc5cc(-c6ccccc6)oc5cc4-n4c5cc6c(cc5c5c7sc8ccccc8c7c(c3c54)-c3cc4sc5ccccc5c4cc32)CCCC6)cc1. The Kier molecular flexibility index (Phi) is 7.03. The third kappa shape index (κ3) is 4.72. The number of nitrogens with zero attached hydrogens (tertiary/aromatic N) is 2. The molecule has 3 aliphatic rings. The molecule has 3 nitrogen and oxygen atoms in total. The van der Waals surface area contributed by atoms with Crippen molar-refractivity contribution in [2.24, 2.45) is 0 Å². The fourth-order valence-electron chi connectivity index (χ4n) is 11.9. The van der Waals surface area contributed by atoms with E-state index in [1.807, 2.05) is 22.7 Å². The summed E-state index contributed by atoms with van der Waals surface area (Å²) >= 11 is 3.90. The lowest BCUT2D eigenvalue weighted by molar-refractivity contribution is 0.590. The number of fused-ring (bicyclic) bond motifs is 18. The first kappa shape index (κ1) is 35.8. The van der Waals surface area contributed by atoms with Gasteiger partial charge in [-0.15, -0.1) is 22.7 Å². The highest BCUT2D eigenvalue weighted by atomic mass is 32.1. The second kappa shape index (κ2) is 12.6. The Morgan fingerprint density at radius 2 is 1.34 bits per heavy atom. The van der Waals surface area contributed by atoms with E-state index in [9.17, 15) is 0 Å². The zero-order valence-electron chi connectivity index (χ0n) is 35.9. The van der Waals surface area contributed by atoms with Gasteiger partial charge < -0.3 is 13.8 Å². The number of anilines is 2. The van der Waals surface area contributed by atoms with Crippen LogP contribution in [0.4, 0.5) is 11.4 Å². The number of furan rings is 1. The van der Waals surface area contributed by atoms with Gasteiger partial charge in [-0.2, -0.15) is 0 Å². The van der Waals surface area contributed by atoms with Gasteiger partial charge in [-0.25, -0.2) is 0 Å². The Morgan fingerprint density at radius 1 is 0.609 bits per heavy atom. The second-order valence-electron chi connectivity index (χ2n) is 19.5. The number of rotatable bonds is 2. The van der Waals surface area contributed by atoms with Crippen LogP contribution in [0.2, 0.25) is 0 Å². The van der Waals surface area contributed by atoms with Gasteiger partial charge in [-0.1, -0.05) is 106 Å². The van der Waals surface area contributed by atoms with E-state index in [-0.39, 0.29) is 12.3 Å². The lowest BCUT2D eigenvalue weighted by Gasteiger charge is -2.42. The van der Waals surface area contributed by atoms with Crippen molar-refractivity contribution in [3.05, 3.63) is 162 Å². The first-order chi connectivity index (χ1) is 31.4. The summed E-state index contributed by atoms with van der Waals surface area (Å²) in [5, 5.41) is 9.28. The summed E-state index contributed by atoms with van der Waals surface area (Å²) in [7, 11) is 0. The summed E-state index contributed by atoms with van der Waals surface area (Å²) in [5.41, 5.74) is 18.2. The van der Waals surface area contributed by atoms with E-state index in [0.29, 0.717) is 0 Å². The van der Waals surface area contributed by atoms with E-state index >= 15 is 0 Å². The molecule has 12 aromatic rings. The Labute approximate surface area is 378 Å². The van der Waals surface area contributed by atoms with Crippen molar-refractivity contribution in [2.75, 3.05) is 4.81 Å². The van der Waals surface area contributed by atoms with E-state index in [4.69, 9.17) is 4.42 Å². The topological polar surface area (TPSA) is 21.3 Å². The summed E-state index contributed by atoms with van der Waals surface area (Å²) < 4.78 is 14.9. The predicted octanol–water partition coefficient (Wildman–Crippen LogP) is 15.3. The Morgan fingerprint density at radius 3 is 2.14 bits per heavy atom. The first-order valence-electron chi connectivity index (χ1n) is 22.8. The van der Waals surface area contributed by atoms with Crippen LogP contribution in [0, 0.1) is 0 Å². The van der Waals surface area contributed by atoms with Gasteiger partial charge in [0, 0.05) is 90.8 Å². The monoisotopic (exact) mass is 856 g/mol. The Hall–Kier alpha value is -6.60. The molecule has 0 fully saturated rings. The minimum Gasteiger partial charge on any atom is -0.456 e. The molecule has 0 bridgehead atoms. The van der Waals surface area contributed by atoms with Crippen molar-refractivity contribution in [1.82, 2.24) is 4.57 Å². The molecule has 1 aliphatic carbocycles. The summed E-state index contributed by atoms with van der Waals surface area (Å²) in [6, 6.07) is 55.6. The van der Waals surface area contributed by atoms with Crippen molar-refractivity contribution >= 4 is 125 Å². The number of hydrogen-bond acceptors (Lipinski definition) is 4. The fourth-order valence-corrected chi connectivity index (χ4v) is 14.3. The molecule has 0 unspecified atom stereocenters. The van der Waals surface area contributed by atoms with Crippen molar-refractivity contribution < 1.29 is 4.42 Å². The van der Waals surface area contributed by atoms with Crippen molar-refractivity contribution in [3.8, 4) is 28.1 Å². The average molecular weight is 857 g/mol. The highest BCUT2D eigenvalue weighted by Crippen LogP contribution is 2.54. The molecule has 0 radical (unpaired) electrons. The summed E-state index contributed by atoms with van der Waals surface area (Å²) in [6.45, 7) is 6.83. The maximum atomic E-state index is 6.87. The molecule has 0 atom stereocenters. The van der Waals surface area contributed by atoms with Crippen LogP contribution in [0.15, 0.2) is 150 Å². The van der Waals surface area contributed by atoms with Crippen LogP contribution in [0.3, 0.4) is 0 Å². The number of thiophene rings is 2. The van der Waals surface area contributed by atoms with Crippen LogP contribution in [0.1, 0.15) is 50.3 Å². The zero-order chi connectivity index (χ0) is 42.2. The quantitative estimate of drug-likeness (QED) is 0.162. The van der Waals surface area contributed by atoms with Crippen molar-refractivity contribution in [2.45, 2.75) is 51.9 Å². The van der Waals surface area contributed by atoms with Gasteiger partial charge in [0.1, 0.15) is 11.3 Å². The highest BCUT2D eigenvalue weighted by Gasteiger charge is 2.46. The molecule has 2 aliphatic heterocycles. The van der Waals surface area contributed by atoms with Crippen LogP contribution in [0.25, 0.3) is 101 Å². The van der Waals surface area contributed by atoms with Gasteiger partial charge in [0.15, 0.2) is 0 Å². The predicted molar refractivity (Wildman–Crippen MR) is 276 cm³/mol. The first-order valence-corrected chi connectivity index (χ1v) is 24.4. The van der Waals surface area contributed by atoms with Crippen LogP contribution in [0.5, 0.6) is 0 Å². The van der Waals surface area contributed by atoms with E-state index in [1.165, 1.54) is 131 Å². The standard InChI is InChI=1S/C58H41BN2OS2/c1-58(2,3)36-21-23-37(24-22-36)61-45-29-40-38-17-9-11-19-49(38)63-51(40)30-42(45)52-53-39-18-10-12-20-50(39)64-57(53)54-41-25-33-15-7-8-16-34(33)27-44(41)60-46-31-48-35(26-43(46)59(61)55(52)56(54)60)28-47(62-48)32-13-5-4-6-14-32/h4-6,9-14,17-31H,7-8,15-16H2,1-3H3. The molecule has 0 spiro atoms. The molecule has 0 N–H and O–H groups in total. The van der Waals surface area contributed by atoms with E-state index < -0.39 is 0 Å². The average Bonchev–Trinajstić information content (AvgIpc) is 4.09. The summed E-state index contributed by atoms with van der Waals surface area (Å²) in [5.74, 6) is 0.898. The maximum Gasteiger partial charge on any atom is 0.333 e. The molecule has 0 saturated heterocycles. The molecule has 6 heterocycles. The maximum absolute atomic E-state index is 6.87. The second-order valence-corrected chi connectivity index (χ2v) is 21.6. The van der Waals surface area contributed by atoms with Gasteiger partial charge in [0.25, 0.3) is 0 Å². The molecule has 0 amide bonds. The summed E-state index contributed by atoms with van der Waals surface area (Å²) in [6.07, 6.45) is 4.77. The number of benzene rings is 8. The zero-order valence-corrected chi connectivity index (χ0v) is 37.5. The molecule has 64 heavy (non-hydrogen) atoms. The molecular weight excluding hydrogens is 816 g/mol. The largest absolute Gasteiger partial charge is 0.456 e. The van der Waals surface area contributed by atoms with E-state index in [1.54, 1.807) is 0 Å². The van der Waals surface area contributed by atoms with Gasteiger partial charge in [-0.05, 0) is 119 Å². The van der Waals surface area contributed by atoms with Crippen LogP contribution >= 0.6 is 22.7 Å². The van der Waals surface area contributed by atoms with Crippen LogP contribution < -0.4 is 15.7 Å². The lowest BCUT2D eigenvalue weighted by atomic mass is 9.43. The number of aryl methyl sites for hydroxylation is 2. The highest BCUT2D eigenvalue weighted by molar-refractivity contribution is 7.27. The molecule has 0 saturated carbocycles. The minimum absolute atomic E-state index is 0.0331.